The van der Waals surface area contributed by atoms with E-state index in [2.05, 4.69) is 14.7 Å². The van der Waals surface area contributed by atoms with Gasteiger partial charge in [0.2, 0.25) is 0 Å². The molecule has 0 aliphatic heterocycles. The number of methoxy groups -OCH3 is 1. The summed E-state index contributed by atoms with van der Waals surface area (Å²) in [6.45, 7) is 0. The third-order valence-electron chi connectivity index (χ3n) is 3.04. The van der Waals surface area contributed by atoms with Crippen LogP contribution in [0.3, 0.4) is 0 Å². The Hall–Kier alpha value is -2.62. The molecule has 19 heavy (non-hydrogen) atoms. The number of benzene rings is 1. The van der Waals surface area contributed by atoms with Crippen LogP contribution in [-0.2, 0) is 4.74 Å². The van der Waals surface area contributed by atoms with Crippen molar-refractivity contribution in [3.63, 3.8) is 0 Å². The molecule has 2 aromatic heterocycles. The monoisotopic (exact) mass is 252 g/mol. The summed E-state index contributed by atoms with van der Waals surface area (Å²) >= 11 is 0. The van der Waals surface area contributed by atoms with E-state index in [1.165, 1.54) is 7.11 Å². The number of carbonyl (C=O) groups is 1. The second kappa shape index (κ2) is 4.57. The van der Waals surface area contributed by atoms with Gasteiger partial charge in [-0.05, 0) is 29.8 Å². The normalized spacial score (nSPS) is 10.6. The quantitative estimate of drug-likeness (QED) is 0.713. The number of nitrogens with one attached hydrogen (secondary N) is 1. The molecule has 1 N–H and O–H groups in total. The molecule has 2 heterocycles. The maximum absolute atomic E-state index is 11.4. The van der Waals surface area contributed by atoms with Gasteiger partial charge in [0.1, 0.15) is 0 Å². The number of pyridine rings is 1. The van der Waals surface area contributed by atoms with Gasteiger partial charge in [-0.3, -0.25) is 4.98 Å². The number of H-pyrrole nitrogens is 1. The van der Waals surface area contributed by atoms with Crippen LogP contribution < -0.4 is 0 Å². The Labute approximate surface area is 110 Å². The summed E-state index contributed by atoms with van der Waals surface area (Å²) in [5.74, 6) is -0.326. The highest BCUT2D eigenvalue weighted by Gasteiger charge is 2.07. The van der Waals surface area contributed by atoms with Crippen molar-refractivity contribution in [3.8, 4) is 11.3 Å². The van der Waals surface area contributed by atoms with E-state index in [4.69, 9.17) is 0 Å². The van der Waals surface area contributed by atoms with Gasteiger partial charge >= 0.3 is 5.97 Å². The van der Waals surface area contributed by atoms with Crippen LogP contribution in [0.15, 0.2) is 48.8 Å². The van der Waals surface area contributed by atoms with Crippen LogP contribution in [-0.4, -0.2) is 23.0 Å². The Morgan fingerprint density at radius 3 is 2.68 bits per heavy atom. The van der Waals surface area contributed by atoms with Crippen molar-refractivity contribution in [3.05, 3.63) is 54.4 Å². The minimum absolute atomic E-state index is 0.326. The predicted octanol–water partition coefficient (Wildman–Crippen LogP) is 3.02. The highest BCUT2D eigenvalue weighted by atomic mass is 16.5. The van der Waals surface area contributed by atoms with E-state index in [0.717, 1.165) is 22.2 Å². The molecule has 0 radical (unpaired) electrons. The van der Waals surface area contributed by atoms with Gasteiger partial charge in [0, 0.05) is 29.0 Å². The van der Waals surface area contributed by atoms with Gasteiger partial charge in [-0.15, -0.1) is 0 Å². The van der Waals surface area contributed by atoms with E-state index < -0.39 is 0 Å². The van der Waals surface area contributed by atoms with Crippen molar-refractivity contribution in [1.29, 1.82) is 0 Å². The second-order valence-corrected chi connectivity index (χ2v) is 4.21. The number of hydrogen-bond donors (Lipinski definition) is 1. The third-order valence-corrected chi connectivity index (χ3v) is 3.04. The fourth-order valence-corrected chi connectivity index (χ4v) is 2.03. The maximum atomic E-state index is 11.4. The van der Waals surface area contributed by atoms with E-state index in [0.29, 0.717) is 5.56 Å². The molecule has 0 bridgehead atoms. The summed E-state index contributed by atoms with van der Waals surface area (Å²) in [5, 5.41) is 1.06. The molecule has 3 rings (SSSR count). The minimum atomic E-state index is -0.326. The van der Waals surface area contributed by atoms with Crippen LogP contribution in [0.5, 0.6) is 0 Å². The molecule has 4 nitrogen and oxygen atoms in total. The predicted molar refractivity (Wildman–Crippen MR) is 72.9 cm³/mol. The zero-order chi connectivity index (χ0) is 13.2. The molecular weight excluding hydrogens is 240 g/mol. The van der Waals surface area contributed by atoms with Crippen molar-refractivity contribution in [2.45, 2.75) is 0 Å². The van der Waals surface area contributed by atoms with Crippen molar-refractivity contribution in [2.75, 3.05) is 7.11 Å². The van der Waals surface area contributed by atoms with E-state index in [1.54, 1.807) is 18.3 Å². The van der Waals surface area contributed by atoms with Crippen LogP contribution in [0.4, 0.5) is 0 Å². The summed E-state index contributed by atoms with van der Waals surface area (Å²) in [4.78, 5) is 18.8. The van der Waals surface area contributed by atoms with Gasteiger partial charge in [0.05, 0.1) is 12.7 Å². The lowest BCUT2D eigenvalue weighted by atomic mass is 10.1. The Morgan fingerprint density at radius 2 is 2.00 bits per heavy atom. The zero-order valence-corrected chi connectivity index (χ0v) is 10.4. The number of rotatable bonds is 2. The molecule has 0 spiro atoms. The van der Waals surface area contributed by atoms with Gasteiger partial charge < -0.3 is 9.72 Å². The summed E-state index contributed by atoms with van der Waals surface area (Å²) in [6, 6.07) is 11.3. The average molecular weight is 252 g/mol. The van der Waals surface area contributed by atoms with E-state index in [9.17, 15) is 4.79 Å². The first-order valence-corrected chi connectivity index (χ1v) is 5.89. The zero-order valence-electron chi connectivity index (χ0n) is 10.4. The Kier molecular flexibility index (Phi) is 2.76. The first-order valence-electron chi connectivity index (χ1n) is 5.89. The van der Waals surface area contributed by atoms with Gasteiger partial charge in [0.25, 0.3) is 0 Å². The number of hydrogen-bond acceptors (Lipinski definition) is 3. The fraction of sp³-hybridized carbons (Fsp3) is 0.0667. The Balaban J connectivity index is 1.99. The van der Waals surface area contributed by atoms with E-state index >= 15 is 0 Å². The largest absolute Gasteiger partial charge is 0.465 e. The van der Waals surface area contributed by atoms with E-state index in [1.807, 2.05) is 30.5 Å². The second-order valence-electron chi connectivity index (χ2n) is 4.21. The van der Waals surface area contributed by atoms with Crippen molar-refractivity contribution in [1.82, 2.24) is 9.97 Å². The summed E-state index contributed by atoms with van der Waals surface area (Å²) in [6.07, 6.45) is 3.57. The summed E-state index contributed by atoms with van der Waals surface area (Å²) in [7, 11) is 1.38. The van der Waals surface area contributed by atoms with Crippen LogP contribution in [0.1, 0.15) is 10.4 Å². The lowest BCUT2D eigenvalue weighted by Crippen LogP contribution is -2.00. The lowest BCUT2D eigenvalue weighted by molar-refractivity contribution is 0.0601. The van der Waals surface area contributed by atoms with Crippen LogP contribution in [0, 0.1) is 0 Å². The minimum Gasteiger partial charge on any atom is -0.465 e. The summed E-state index contributed by atoms with van der Waals surface area (Å²) < 4.78 is 4.67. The molecule has 94 valence electrons. The molecule has 4 heteroatoms. The first kappa shape index (κ1) is 11.5. The number of aromatic amines is 1. The average Bonchev–Trinajstić information content (AvgIpc) is 2.90. The maximum Gasteiger partial charge on any atom is 0.337 e. The molecule has 0 atom stereocenters. The van der Waals surface area contributed by atoms with Crippen molar-refractivity contribution < 1.29 is 9.53 Å². The van der Waals surface area contributed by atoms with Gasteiger partial charge in [0.15, 0.2) is 0 Å². The summed E-state index contributed by atoms with van der Waals surface area (Å²) in [5.41, 5.74) is 3.61. The van der Waals surface area contributed by atoms with Crippen LogP contribution in [0.25, 0.3) is 22.2 Å². The topological polar surface area (TPSA) is 55.0 Å². The highest BCUT2D eigenvalue weighted by molar-refractivity contribution is 5.90. The number of nitrogens with zero attached hydrogens (tertiary/aromatic N) is 1. The lowest BCUT2D eigenvalue weighted by Gasteiger charge is -2.01. The molecule has 0 saturated carbocycles. The highest BCUT2D eigenvalue weighted by Crippen LogP contribution is 2.23. The molecular formula is C15H12N2O2. The SMILES string of the molecule is COC(=O)c1ccc(-c2cc3cnccc3[nH]2)cc1. The molecule has 0 aliphatic rings. The molecule has 3 aromatic rings. The third kappa shape index (κ3) is 2.08. The first-order chi connectivity index (χ1) is 9.28. The number of carbonyl (C=O) groups excluding carboxylic acids is 1. The van der Waals surface area contributed by atoms with Gasteiger partial charge in [-0.1, -0.05) is 12.1 Å². The number of esters is 1. The standard InChI is InChI=1S/C15H12N2O2/c1-19-15(18)11-4-2-10(3-5-11)14-8-12-9-16-7-6-13(12)17-14/h2-9,17H,1H3. The smallest absolute Gasteiger partial charge is 0.337 e. The van der Waals surface area contributed by atoms with Crippen molar-refractivity contribution in [2.24, 2.45) is 0 Å². The molecule has 0 saturated heterocycles. The van der Waals surface area contributed by atoms with Crippen LogP contribution in [0.2, 0.25) is 0 Å². The van der Waals surface area contributed by atoms with Crippen molar-refractivity contribution >= 4 is 16.9 Å². The van der Waals surface area contributed by atoms with E-state index in [-0.39, 0.29) is 5.97 Å². The fourth-order valence-electron chi connectivity index (χ4n) is 2.03. The molecule has 0 amide bonds. The van der Waals surface area contributed by atoms with Gasteiger partial charge in [-0.2, -0.15) is 0 Å². The Morgan fingerprint density at radius 1 is 1.21 bits per heavy atom. The van der Waals surface area contributed by atoms with Gasteiger partial charge in [-0.25, -0.2) is 4.79 Å². The number of ether oxygens (including phenoxy) is 1. The Bertz CT molecular complexity index is 696. The number of aromatic nitrogens is 2. The molecule has 0 aliphatic carbocycles. The number of fused-ring (bicyclic) bond motifs is 1. The molecule has 0 fully saturated rings. The van der Waals surface area contributed by atoms with Crippen LogP contribution >= 0.6 is 0 Å². The molecule has 1 aromatic carbocycles. The molecule has 0 unspecified atom stereocenters.